The van der Waals surface area contributed by atoms with Gasteiger partial charge in [-0.3, -0.25) is 0 Å². The SMILES string of the molecule is Cc1cccc2c1CC1=C(N2)C2=C(Cc3ccccc3N2)C(C)C1. The molecule has 5 rings (SSSR count). The molecule has 2 heteroatoms. The van der Waals surface area contributed by atoms with Gasteiger partial charge in [-0.25, -0.2) is 0 Å². The van der Waals surface area contributed by atoms with Gasteiger partial charge in [0.1, 0.15) is 0 Å². The van der Waals surface area contributed by atoms with Crippen LogP contribution in [0.15, 0.2) is 65.0 Å². The van der Waals surface area contributed by atoms with Crippen LogP contribution in [0.1, 0.15) is 30.0 Å². The molecule has 1 atom stereocenters. The maximum absolute atomic E-state index is 3.75. The van der Waals surface area contributed by atoms with Crippen molar-refractivity contribution < 1.29 is 0 Å². The van der Waals surface area contributed by atoms with Crippen molar-refractivity contribution in [2.45, 2.75) is 33.1 Å². The smallest absolute Gasteiger partial charge is 0.0621 e. The number of anilines is 2. The fourth-order valence-electron chi connectivity index (χ4n) is 4.43. The van der Waals surface area contributed by atoms with Crippen molar-refractivity contribution in [2.24, 2.45) is 5.92 Å². The van der Waals surface area contributed by atoms with Gasteiger partial charge in [0, 0.05) is 11.4 Å². The molecule has 1 aliphatic carbocycles. The second-order valence-corrected chi connectivity index (χ2v) is 7.35. The Kier molecular flexibility index (Phi) is 2.90. The molecule has 2 aromatic rings. The van der Waals surface area contributed by atoms with Crippen molar-refractivity contribution in [1.29, 1.82) is 0 Å². The minimum atomic E-state index is 0.604. The first-order chi connectivity index (χ1) is 11.7. The molecule has 3 aliphatic rings. The number of hydrogen-bond acceptors (Lipinski definition) is 2. The molecule has 2 aromatic carbocycles. The van der Waals surface area contributed by atoms with E-state index in [1.165, 1.54) is 45.9 Å². The van der Waals surface area contributed by atoms with Gasteiger partial charge in [-0.05, 0) is 72.1 Å². The van der Waals surface area contributed by atoms with Gasteiger partial charge in [0.25, 0.3) is 0 Å². The Labute approximate surface area is 143 Å². The zero-order chi connectivity index (χ0) is 16.3. The van der Waals surface area contributed by atoms with Crippen LogP contribution in [0.2, 0.25) is 0 Å². The standard InChI is InChI=1S/C22H22N2/c1-13-6-5-9-20-17(13)12-16-10-14(2)18-11-15-7-3-4-8-19(15)23-22(18)21(16)24-20/h3-9,14,23-24H,10-12H2,1-2H3. The number of allylic oxidation sites excluding steroid dienone is 2. The zero-order valence-electron chi connectivity index (χ0n) is 14.2. The van der Waals surface area contributed by atoms with E-state index in [0.717, 1.165) is 12.8 Å². The van der Waals surface area contributed by atoms with Crippen molar-refractivity contribution in [1.82, 2.24) is 0 Å². The second-order valence-electron chi connectivity index (χ2n) is 7.35. The van der Waals surface area contributed by atoms with Crippen molar-refractivity contribution >= 4 is 11.4 Å². The van der Waals surface area contributed by atoms with Crippen LogP contribution in [0.3, 0.4) is 0 Å². The van der Waals surface area contributed by atoms with Crippen molar-refractivity contribution in [3.05, 3.63) is 81.7 Å². The number of nitrogens with one attached hydrogen (secondary N) is 2. The van der Waals surface area contributed by atoms with E-state index in [1.807, 2.05) is 0 Å². The molecular weight excluding hydrogens is 292 g/mol. The molecule has 0 bridgehead atoms. The summed E-state index contributed by atoms with van der Waals surface area (Å²) >= 11 is 0. The lowest BCUT2D eigenvalue weighted by Crippen LogP contribution is -2.29. The zero-order valence-corrected chi connectivity index (χ0v) is 14.2. The molecule has 0 saturated heterocycles. The maximum atomic E-state index is 3.75. The lowest BCUT2D eigenvalue weighted by molar-refractivity contribution is 0.613. The summed E-state index contributed by atoms with van der Waals surface area (Å²) < 4.78 is 0. The predicted molar refractivity (Wildman–Crippen MR) is 100 cm³/mol. The molecule has 0 amide bonds. The second kappa shape index (κ2) is 5.01. The lowest BCUT2D eigenvalue weighted by Gasteiger charge is -2.38. The normalized spacial score (nSPS) is 21.2. The van der Waals surface area contributed by atoms with E-state index in [1.54, 1.807) is 11.1 Å². The predicted octanol–water partition coefficient (Wildman–Crippen LogP) is 5.18. The minimum Gasteiger partial charge on any atom is -0.354 e. The van der Waals surface area contributed by atoms with E-state index in [4.69, 9.17) is 0 Å². The van der Waals surface area contributed by atoms with Crippen LogP contribution in [0.5, 0.6) is 0 Å². The number of para-hydroxylation sites is 1. The third kappa shape index (κ3) is 1.96. The van der Waals surface area contributed by atoms with E-state index >= 15 is 0 Å². The molecule has 0 saturated carbocycles. The van der Waals surface area contributed by atoms with E-state index in [0.29, 0.717) is 5.92 Å². The Morgan fingerprint density at radius 1 is 0.875 bits per heavy atom. The van der Waals surface area contributed by atoms with Gasteiger partial charge in [0.05, 0.1) is 11.4 Å². The summed E-state index contributed by atoms with van der Waals surface area (Å²) in [7, 11) is 0. The maximum Gasteiger partial charge on any atom is 0.0621 e. The highest BCUT2D eigenvalue weighted by molar-refractivity contribution is 5.73. The van der Waals surface area contributed by atoms with Gasteiger partial charge in [-0.15, -0.1) is 0 Å². The quantitative estimate of drug-likeness (QED) is 0.700. The molecular formula is C22H22N2. The Morgan fingerprint density at radius 3 is 2.58 bits per heavy atom. The summed E-state index contributed by atoms with van der Waals surface area (Å²) in [5.74, 6) is 0.604. The summed E-state index contributed by atoms with van der Waals surface area (Å²) in [5.41, 5.74) is 12.6. The highest BCUT2D eigenvalue weighted by atomic mass is 15.0. The third-order valence-corrected chi connectivity index (χ3v) is 5.79. The molecule has 0 radical (unpaired) electrons. The van der Waals surface area contributed by atoms with Gasteiger partial charge in [-0.1, -0.05) is 37.3 Å². The van der Waals surface area contributed by atoms with Crippen molar-refractivity contribution in [2.75, 3.05) is 10.6 Å². The van der Waals surface area contributed by atoms with Gasteiger partial charge in [-0.2, -0.15) is 0 Å². The van der Waals surface area contributed by atoms with Crippen LogP contribution in [0, 0.1) is 12.8 Å². The van der Waals surface area contributed by atoms with E-state index in [9.17, 15) is 0 Å². The number of fused-ring (bicyclic) bond motifs is 3. The average Bonchev–Trinajstić information content (AvgIpc) is 2.60. The number of hydrogen-bond donors (Lipinski definition) is 2. The van der Waals surface area contributed by atoms with Crippen LogP contribution in [0.4, 0.5) is 11.4 Å². The number of aryl methyl sites for hydroxylation is 1. The Morgan fingerprint density at radius 2 is 1.67 bits per heavy atom. The molecule has 0 fully saturated rings. The van der Waals surface area contributed by atoms with Crippen LogP contribution < -0.4 is 10.6 Å². The summed E-state index contributed by atoms with van der Waals surface area (Å²) in [4.78, 5) is 0. The Balaban J connectivity index is 1.61. The lowest BCUT2D eigenvalue weighted by atomic mass is 9.77. The molecule has 2 N–H and O–H groups in total. The fraction of sp³-hybridized carbons (Fsp3) is 0.273. The molecule has 1 unspecified atom stereocenters. The van der Waals surface area contributed by atoms with E-state index in [2.05, 4.69) is 66.9 Å². The largest absolute Gasteiger partial charge is 0.354 e. The highest BCUT2D eigenvalue weighted by Crippen LogP contribution is 2.44. The van der Waals surface area contributed by atoms with E-state index in [-0.39, 0.29) is 0 Å². The Bertz CT molecular complexity index is 917. The number of rotatable bonds is 0. The van der Waals surface area contributed by atoms with Crippen LogP contribution in [-0.4, -0.2) is 0 Å². The Hall–Kier alpha value is -2.48. The van der Waals surface area contributed by atoms with Gasteiger partial charge in [0.2, 0.25) is 0 Å². The molecule has 120 valence electrons. The summed E-state index contributed by atoms with van der Waals surface area (Å²) in [6.07, 6.45) is 3.31. The molecule has 0 spiro atoms. The third-order valence-electron chi connectivity index (χ3n) is 5.79. The van der Waals surface area contributed by atoms with Crippen LogP contribution in [0.25, 0.3) is 0 Å². The molecule has 2 nitrogen and oxygen atoms in total. The minimum absolute atomic E-state index is 0.604. The monoisotopic (exact) mass is 314 g/mol. The first-order valence-electron chi connectivity index (χ1n) is 8.86. The first-order valence-corrected chi connectivity index (χ1v) is 8.86. The molecule has 0 aromatic heterocycles. The number of benzene rings is 2. The van der Waals surface area contributed by atoms with Crippen molar-refractivity contribution in [3.8, 4) is 0 Å². The van der Waals surface area contributed by atoms with Gasteiger partial charge in [0.15, 0.2) is 0 Å². The van der Waals surface area contributed by atoms with Crippen LogP contribution >= 0.6 is 0 Å². The van der Waals surface area contributed by atoms with Crippen LogP contribution in [-0.2, 0) is 12.8 Å². The summed E-state index contributed by atoms with van der Waals surface area (Å²) in [6, 6.07) is 15.3. The summed E-state index contributed by atoms with van der Waals surface area (Å²) in [6.45, 7) is 4.60. The van der Waals surface area contributed by atoms with Gasteiger partial charge < -0.3 is 10.6 Å². The fourth-order valence-corrected chi connectivity index (χ4v) is 4.43. The van der Waals surface area contributed by atoms with Gasteiger partial charge >= 0.3 is 0 Å². The highest BCUT2D eigenvalue weighted by Gasteiger charge is 2.32. The topological polar surface area (TPSA) is 24.1 Å². The summed E-state index contributed by atoms with van der Waals surface area (Å²) in [5, 5.41) is 7.48. The first kappa shape index (κ1) is 13.9. The van der Waals surface area contributed by atoms with Crippen molar-refractivity contribution in [3.63, 3.8) is 0 Å². The molecule has 2 aliphatic heterocycles. The molecule has 24 heavy (non-hydrogen) atoms. The average molecular weight is 314 g/mol. The van der Waals surface area contributed by atoms with E-state index < -0.39 is 0 Å². The molecule has 2 heterocycles.